The van der Waals surface area contributed by atoms with Gasteiger partial charge >= 0.3 is 0 Å². The van der Waals surface area contributed by atoms with Crippen molar-refractivity contribution in [3.63, 3.8) is 0 Å². The second kappa shape index (κ2) is 5.89. The number of carbonyl (C=O) groups is 2. The molecule has 1 heterocycles. The molecule has 2 aromatic rings. The maximum atomic E-state index is 11.7. The van der Waals surface area contributed by atoms with Crippen LogP contribution in [0, 0.1) is 0 Å². The van der Waals surface area contributed by atoms with E-state index in [0.717, 1.165) is 23.6 Å². The number of amides is 1. The molecule has 1 aromatic heterocycles. The number of fused-ring (bicyclic) bond motifs is 1. The third-order valence-corrected chi connectivity index (χ3v) is 3.12. The van der Waals surface area contributed by atoms with Crippen LogP contribution in [0.1, 0.15) is 23.7 Å². The Kier molecular flexibility index (Phi) is 4.22. The van der Waals surface area contributed by atoms with Crippen LogP contribution < -0.4 is 5.32 Å². The predicted molar refractivity (Wildman–Crippen MR) is 75.6 cm³/mol. The Hall–Kier alpha value is -1.81. The highest BCUT2D eigenvalue weighted by Crippen LogP contribution is 2.23. The highest BCUT2D eigenvalue weighted by atomic mass is 35.5. The fourth-order valence-corrected chi connectivity index (χ4v) is 2.16. The third-order valence-electron chi connectivity index (χ3n) is 2.89. The van der Waals surface area contributed by atoms with Crippen molar-refractivity contribution < 1.29 is 9.59 Å². The van der Waals surface area contributed by atoms with Crippen LogP contribution in [-0.4, -0.2) is 23.3 Å². The smallest absolute Gasteiger partial charge is 0.239 e. The molecule has 19 heavy (non-hydrogen) atoms. The number of aromatic nitrogens is 1. The fourth-order valence-electron chi connectivity index (χ4n) is 1.99. The number of carbonyl (C=O) groups excluding carboxylic acids is 2. The van der Waals surface area contributed by atoms with Crippen LogP contribution >= 0.6 is 11.6 Å². The summed E-state index contributed by atoms with van der Waals surface area (Å²) in [7, 11) is 0. The Morgan fingerprint density at radius 2 is 2.26 bits per heavy atom. The molecule has 0 saturated carbocycles. The number of nitrogens with zero attached hydrogens (tertiary/aromatic N) is 1. The summed E-state index contributed by atoms with van der Waals surface area (Å²) < 4.78 is 1.75. The number of aldehydes is 1. The van der Waals surface area contributed by atoms with Gasteiger partial charge in [0.2, 0.25) is 5.91 Å². The molecule has 1 amide bonds. The Balaban J connectivity index is 2.34. The van der Waals surface area contributed by atoms with E-state index in [0.29, 0.717) is 17.1 Å². The molecule has 0 bridgehead atoms. The van der Waals surface area contributed by atoms with Gasteiger partial charge in [-0.25, -0.2) is 0 Å². The zero-order valence-corrected chi connectivity index (χ0v) is 11.4. The normalized spacial score (nSPS) is 10.6. The summed E-state index contributed by atoms with van der Waals surface area (Å²) in [6.07, 6.45) is 3.36. The molecule has 0 aliphatic heterocycles. The fraction of sp³-hybridized carbons (Fsp3) is 0.286. The maximum absolute atomic E-state index is 11.7. The second-order valence-electron chi connectivity index (χ2n) is 4.34. The summed E-state index contributed by atoms with van der Waals surface area (Å²) in [6, 6.07) is 5.29. The second-order valence-corrected chi connectivity index (χ2v) is 4.78. The quantitative estimate of drug-likeness (QED) is 0.855. The highest BCUT2D eigenvalue weighted by Gasteiger charge is 2.10. The summed E-state index contributed by atoms with van der Waals surface area (Å²) in [5.41, 5.74) is 1.36. The molecule has 1 N–H and O–H groups in total. The standard InChI is InChI=1S/C14H15ClN2O2/c1-2-5-16-14(19)8-17-7-10(9-18)12-4-3-11(15)6-13(12)17/h3-4,6-7,9H,2,5,8H2,1H3,(H,16,19). The lowest BCUT2D eigenvalue weighted by atomic mass is 10.2. The first kappa shape index (κ1) is 13.6. The van der Waals surface area contributed by atoms with Crippen molar-refractivity contribution in [2.75, 3.05) is 6.54 Å². The zero-order chi connectivity index (χ0) is 13.8. The van der Waals surface area contributed by atoms with Gasteiger partial charge in [0.15, 0.2) is 6.29 Å². The van der Waals surface area contributed by atoms with E-state index in [1.54, 1.807) is 29.0 Å². The Morgan fingerprint density at radius 3 is 2.95 bits per heavy atom. The molecule has 0 spiro atoms. The lowest BCUT2D eigenvalue weighted by molar-refractivity contribution is -0.121. The molecule has 0 atom stereocenters. The number of benzene rings is 1. The van der Waals surface area contributed by atoms with Crippen molar-refractivity contribution in [1.29, 1.82) is 0 Å². The van der Waals surface area contributed by atoms with Crippen LogP contribution in [0.2, 0.25) is 5.02 Å². The number of hydrogen-bond acceptors (Lipinski definition) is 2. The monoisotopic (exact) mass is 278 g/mol. The topological polar surface area (TPSA) is 51.1 Å². The van der Waals surface area contributed by atoms with Crippen LogP contribution in [0.15, 0.2) is 24.4 Å². The van der Waals surface area contributed by atoms with Crippen LogP contribution in [-0.2, 0) is 11.3 Å². The molecule has 5 heteroatoms. The van der Waals surface area contributed by atoms with Crippen LogP contribution in [0.25, 0.3) is 10.9 Å². The van der Waals surface area contributed by atoms with Gasteiger partial charge in [-0.3, -0.25) is 9.59 Å². The lowest BCUT2D eigenvalue weighted by Gasteiger charge is -2.06. The molecule has 0 fully saturated rings. The van der Waals surface area contributed by atoms with Crippen molar-refractivity contribution in [1.82, 2.24) is 9.88 Å². The van der Waals surface area contributed by atoms with E-state index in [4.69, 9.17) is 11.6 Å². The van der Waals surface area contributed by atoms with Gasteiger partial charge in [0.05, 0.1) is 5.52 Å². The lowest BCUT2D eigenvalue weighted by Crippen LogP contribution is -2.27. The van der Waals surface area contributed by atoms with Gasteiger partial charge < -0.3 is 9.88 Å². The van der Waals surface area contributed by atoms with Gasteiger partial charge in [0, 0.05) is 28.7 Å². The summed E-state index contributed by atoms with van der Waals surface area (Å²) in [6.45, 7) is 2.83. The van der Waals surface area contributed by atoms with Gasteiger partial charge in [-0.05, 0) is 18.6 Å². The van der Waals surface area contributed by atoms with E-state index < -0.39 is 0 Å². The molecule has 4 nitrogen and oxygen atoms in total. The van der Waals surface area contributed by atoms with Crippen molar-refractivity contribution in [2.45, 2.75) is 19.9 Å². The SMILES string of the molecule is CCCNC(=O)Cn1cc(C=O)c2ccc(Cl)cc21. The molecule has 100 valence electrons. The first-order valence-electron chi connectivity index (χ1n) is 6.16. The molecular formula is C14H15ClN2O2. The van der Waals surface area contributed by atoms with Gasteiger partial charge in [-0.15, -0.1) is 0 Å². The number of halogens is 1. The van der Waals surface area contributed by atoms with Gasteiger partial charge in [0.1, 0.15) is 6.54 Å². The Labute approximate surface area is 116 Å². The van der Waals surface area contributed by atoms with E-state index in [9.17, 15) is 9.59 Å². The molecule has 2 rings (SSSR count). The van der Waals surface area contributed by atoms with Crippen LogP contribution in [0.5, 0.6) is 0 Å². The van der Waals surface area contributed by atoms with Gasteiger partial charge in [-0.2, -0.15) is 0 Å². The van der Waals surface area contributed by atoms with E-state index >= 15 is 0 Å². The zero-order valence-electron chi connectivity index (χ0n) is 10.6. The van der Waals surface area contributed by atoms with Crippen LogP contribution in [0.4, 0.5) is 0 Å². The minimum absolute atomic E-state index is 0.0730. The Bertz CT molecular complexity index is 619. The molecule has 0 unspecified atom stereocenters. The van der Waals surface area contributed by atoms with Gasteiger partial charge in [0.25, 0.3) is 0 Å². The van der Waals surface area contributed by atoms with Crippen LogP contribution in [0.3, 0.4) is 0 Å². The molecule has 1 aromatic carbocycles. The largest absolute Gasteiger partial charge is 0.355 e. The van der Waals surface area contributed by atoms with Crippen molar-refractivity contribution in [3.8, 4) is 0 Å². The summed E-state index contributed by atoms with van der Waals surface area (Å²) in [5, 5.41) is 4.20. The predicted octanol–water partition coefficient (Wildman–Crippen LogP) is 2.63. The van der Waals surface area contributed by atoms with E-state index in [1.807, 2.05) is 6.92 Å². The third kappa shape index (κ3) is 2.96. The van der Waals surface area contributed by atoms with E-state index in [1.165, 1.54) is 0 Å². The van der Waals surface area contributed by atoms with Gasteiger partial charge in [-0.1, -0.05) is 24.6 Å². The minimum atomic E-state index is -0.0730. The maximum Gasteiger partial charge on any atom is 0.239 e. The molecule has 0 radical (unpaired) electrons. The summed E-state index contributed by atoms with van der Waals surface area (Å²) >= 11 is 5.96. The molecule has 0 saturated heterocycles. The number of hydrogen-bond donors (Lipinski definition) is 1. The number of rotatable bonds is 5. The summed E-state index contributed by atoms with van der Waals surface area (Å²) in [5.74, 6) is -0.0730. The molecule has 0 aliphatic carbocycles. The van der Waals surface area contributed by atoms with Crippen molar-refractivity contribution in [2.24, 2.45) is 0 Å². The molecular weight excluding hydrogens is 264 g/mol. The summed E-state index contributed by atoms with van der Waals surface area (Å²) in [4.78, 5) is 22.8. The number of nitrogens with one attached hydrogen (secondary N) is 1. The average Bonchev–Trinajstić information content (AvgIpc) is 2.74. The van der Waals surface area contributed by atoms with Crippen molar-refractivity contribution in [3.05, 3.63) is 35.0 Å². The first-order chi connectivity index (χ1) is 9.15. The highest BCUT2D eigenvalue weighted by molar-refractivity contribution is 6.31. The van der Waals surface area contributed by atoms with E-state index in [-0.39, 0.29) is 12.5 Å². The average molecular weight is 279 g/mol. The minimum Gasteiger partial charge on any atom is -0.355 e. The van der Waals surface area contributed by atoms with Crippen molar-refractivity contribution >= 4 is 34.7 Å². The Morgan fingerprint density at radius 1 is 1.47 bits per heavy atom. The first-order valence-corrected chi connectivity index (χ1v) is 6.53. The molecule has 0 aliphatic rings. The van der Waals surface area contributed by atoms with E-state index in [2.05, 4.69) is 5.32 Å².